The Bertz CT molecular complexity index is 2430. The molecule has 27 heteroatoms. The van der Waals surface area contributed by atoms with E-state index in [1.807, 2.05) is 0 Å². The van der Waals surface area contributed by atoms with E-state index in [4.69, 9.17) is 46.0 Å². The number of nitrogens with two attached hydrogens (primary N) is 5. The molecule has 4 rings (SSSR count). The molecule has 1 aliphatic heterocycles. The number of carbonyl (C=O) groups excluding carboxylic acids is 10. The molecule has 2 aromatic rings. The second-order valence-electron chi connectivity index (χ2n) is 19.4. The van der Waals surface area contributed by atoms with Crippen LogP contribution in [-0.4, -0.2) is 156 Å². The highest BCUT2D eigenvalue weighted by Crippen LogP contribution is 2.36. The molecule has 1 heterocycles. The zero-order chi connectivity index (χ0) is 57.4. The number of hydrogen-bond donors (Lipinski definition) is 14. The van der Waals surface area contributed by atoms with Gasteiger partial charge in [-0.15, -0.1) is 0 Å². The second kappa shape index (κ2) is 31.9. The van der Waals surface area contributed by atoms with Crippen LogP contribution in [0.4, 0.5) is 0 Å². The second-order valence-corrected chi connectivity index (χ2v) is 20.7. The SMILES string of the molecule is COc1ccc(C[C@H](NC(=O)CC2(S)CCCCC2)C(=O)N[C@@H](Cc2ccccc2)C(=O)N[C@@H](CCC(N)=O)C(=O)N[C@@H](CN)C(=O)N[C@@H](CS)C(=O)N2CCC[C@H]2C(=O)N[C@@H](CCCN=C(N)N)C(=O)NCC(N)=O)cc1. The van der Waals surface area contributed by atoms with Gasteiger partial charge in [0.25, 0.3) is 0 Å². The predicted molar refractivity (Wildman–Crippen MR) is 296 cm³/mol. The maximum absolute atomic E-state index is 14.4. The van der Waals surface area contributed by atoms with Crippen LogP contribution < -0.4 is 70.6 Å². The Labute approximate surface area is 464 Å². The van der Waals surface area contributed by atoms with Crippen molar-refractivity contribution in [2.24, 2.45) is 33.7 Å². The van der Waals surface area contributed by atoms with Crippen molar-refractivity contribution in [1.82, 2.24) is 42.1 Å². The fraction of sp³-hybridized carbons (Fsp3) is 0.549. The van der Waals surface area contributed by atoms with Gasteiger partial charge in [-0.3, -0.25) is 52.9 Å². The van der Waals surface area contributed by atoms with Gasteiger partial charge in [0.1, 0.15) is 48.0 Å². The van der Waals surface area contributed by atoms with E-state index in [2.05, 4.69) is 54.8 Å². The van der Waals surface area contributed by atoms with E-state index in [1.165, 1.54) is 12.0 Å². The number of nitrogens with one attached hydrogen (secondary N) is 7. The Morgan fingerprint density at radius 3 is 1.83 bits per heavy atom. The highest BCUT2D eigenvalue weighted by atomic mass is 32.1. The van der Waals surface area contributed by atoms with Crippen molar-refractivity contribution in [3.05, 3.63) is 65.7 Å². The summed E-state index contributed by atoms with van der Waals surface area (Å²) in [7, 11) is 1.52. The molecule has 2 aliphatic rings. The largest absolute Gasteiger partial charge is 0.497 e. The minimum atomic E-state index is -1.53. The molecule has 428 valence electrons. The van der Waals surface area contributed by atoms with E-state index in [0.29, 0.717) is 23.3 Å². The van der Waals surface area contributed by atoms with Crippen molar-refractivity contribution < 1.29 is 52.7 Å². The van der Waals surface area contributed by atoms with Gasteiger partial charge in [-0.25, -0.2) is 0 Å². The maximum Gasteiger partial charge on any atom is 0.246 e. The smallest absolute Gasteiger partial charge is 0.246 e. The molecular formula is C51H76N14O11S2. The van der Waals surface area contributed by atoms with Gasteiger partial charge in [-0.05, 0) is 68.2 Å². The minimum absolute atomic E-state index is 0.0333. The lowest BCUT2D eigenvalue weighted by atomic mass is 9.85. The Balaban J connectivity index is 1.51. The van der Waals surface area contributed by atoms with Crippen molar-refractivity contribution in [1.29, 1.82) is 0 Å². The van der Waals surface area contributed by atoms with Gasteiger partial charge in [-0.2, -0.15) is 25.3 Å². The van der Waals surface area contributed by atoms with E-state index >= 15 is 0 Å². The van der Waals surface area contributed by atoms with Crippen LogP contribution in [0.15, 0.2) is 59.6 Å². The van der Waals surface area contributed by atoms with Crippen LogP contribution in [0.25, 0.3) is 0 Å². The quantitative estimate of drug-likeness (QED) is 0.0157. The molecule has 2 fully saturated rings. The Morgan fingerprint density at radius 2 is 1.24 bits per heavy atom. The Hall–Kier alpha value is -7.13. The third kappa shape index (κ3) is 21.0. The number of methoxy groups -OCH3 is 1. The van der Waals surface area contributed by atoms with Crippen LogP contribution in [-0.2, 0) is 60.8 Å². The molecule has 1 aliphatic carbocycles. The van der Waals surface area contributed by atoms with Gasteiger partial charge in [0, 0.05) is 55.8 Å². The van der Waals surface area contributed by atoms with Crippen molar-refractivity contribution in [3.8, 4) is 5.75 Å². The normalized spacial score (nSPS) is 17.0. The lowest BCUT2D eigenvalue weighted by Gasteiger charge is -2.32. The number of nitrogens with zero attached hydrogens (tertiary/aromatic N) is 2. The summed E-state index contributed by atoms with van der Waals surface area (Å²) in [6, 6.07) is 6.44. The molecule has 25 nitrogen and oxygen atoms in total. The molecule has 10 amide bonds. The molecule has 0 aromatic heterocycles. The summed E-state index contributed by atoms with van der Waals surface area (Å²) in [5.74, 6) is -7.46. The summed E-state index contributed by atoms with van der Waals surface area (Å²) >= 11 is 9.14. The number of thiol groups is 2. The number of ether oxygens (including phenoxy) is 1. The van der Waals surface area contributed by atoms with E-state index in [0.717, 1.165) is 32.1 Å². The predicted octanol–water partition coefficient (Wildman–Crippen LogP) is -2.79. The summed E-state index contributed by atoms with van der Waals surface area (Å²) in [4.78, 5) is 140. The first-order valence-corrected chi connectivity index (χ1v) is 26.9. The number of amides is 10. The summed E-state index contributed by atoms with van der Waals surface area (Å²) < 4.78 is 4.75. The number of benzene rings is 2. The van der Waals surface area contributed by atoms with E-state index in [1.54, 1.807) is 54.6 Å². The fourth-order valence-corrected chi connectivity index (χ4v) is 9.81. The number of likely N-dealkylation sites (tertiary alicyclic amines) is 1. The van der Waals surface area contributed by atoms with E-state index in [9.17, 15) is 47.9 Å². The van der Waals surface area contributed by atoms with Gasteiger partial charge in [0.15, 0.2) is 5.96 Å². The summed E-state index contributed by atoms with van der Waals surface area (Å²) in [6.45, 7) is -0.780. The number of hydrogen-bond acceptors (Lipinski definition) is 15. The molecule has 0 unspecified atom stereocenters. The van der Waals surface area contributed by atoms with Crippen molar-refractivity contribution >= 4 is 90.3 Å². The molecule has 1 saturated carbocycles. The number of primary amides is 2. The van der Waals surface area contributed by atoms with E-state index < -0.39 is 126 Å². The standard InChI is InChI=1S/C51H76N14O11S2/c1-76-32-16-14-31(15-17-32)25-35(59-42(68)26-51(78)20-6-3-7-21-51)45(71)62-36(24-30-10-4-2-5-11-30)46(72)60-34(18-19-40(53)66)44(70)63-37(27-52)47(73)64-38(29-77)49(75)65-23-9-13-39(65)48(74)61-33(12-8-22-57-50(55)56)43(69)58-28-41(54)67/h2,4-5,10-11,14-17,33-39,77-78H,3,6-9,12-13,18-29,52H2,1H3,(H2,53,66)(H2,54,67)(H,58,69)(H,59,68)(H,60,72)(H,61,74)(H,62,71)(H,63,70)(H,64,73)(H4,55,56,57)/t33-,34-,35-,36-,37-,38-,39-/m0/s1. The average molecular weight is 1130 g/mol. The highest BCUT2D eigenvalue weighted by molar-refractivity contribution is 7.81. The molecule has 7 atom stereocenters. The van der Waals surface area contributed by atoms with Gasteiger partial charge in [0.05, 0.1) is 13.7 Å². The van der Waals surface area contributed by atoms with Crippen molar-refractivity contribution in [2.75, 3.05) is 39.0 Å². The van der Waals surface area contributed by atoms with Crippen LogP contribution >= 0.6 is 25.3 Å². The molecule has 0 bridgehead atoms. The van der Waals surface area contributed by atoms with Crippen LogP contribution in [0.5, 0.6) is 5.75 Å². The molecule has 78 heavy (non-hydrogen) atoms. The van der Waals surface area contributed by atoms with Gasteiger partial charge >= 0.3 is 0 Å². The van der Waals surface area contributed by atoms with Crippen LogP contribution in [0.3, 0.4) is 0 Å². The molecular weight excluding hydrogens is 1050 g/mol. The van der Waals surface area contributed by atoms with Crippen LogP contribution in [0, 0.1) is 0 Å². The average Bonchev–Trinajstić information content (AvgIpc) is 3.91. The first-order chi connectivity index (χ1) is 37.1. The number of guanidine groups is 1. The van der Waals surface area contributed by atoms with Crippen molar-refractivity contribution in [3.63, 3.8) is 0 Å². The molecule has 0 spiro atoms. The first kappa shape index (κ1) is 63.4. The Kier molecular flexibility index (Phi) is 26.0. The molecule has 0 radical (unpaired) electrons. The van der Waals surface area contributed by atoms with Crippen LogP contribution in [0.1, 0.15) is 88.2 Å². The van der Waals surface area contributed by atoms with Crippen molar-refractivity contribution in [2.45, 2.75) is 137 Å². The number of aliphatic imine (C=N–C) groups is 1. The molecule has 17 N–H and O–H groups in total. The lowest BCUT2D eigenvalue weighted by Crippen LogP contribution is -2.61. The van der Waals surface area contributed by atoms with Gasteiger partial charge < -0.3 is 75.5 Å². The zero-order valence-electron chi connectivity index (χ0n) is 43.8. The lowest BCUT2D eigenvalue weighted by molar-refractivity contribution is -0.142. The minimum Gasteiger partial charge on any atom is -0.497 e. The zero-order valence-corrected chi connectivity index (χ0v) is 45.6. The monoisotopic (exact) mass is 1120 g/mol. The summed E-state index contributed by atoms with van der Waals surface area (Å²) in [6.07, 6.45) is 4.51. The van der Waals surface area contributed by atoms with Gasteiger partial charge in [-0.1, -0.05) is 61.7 Å². The third-order valence-electron chi connectivity index (χ3n) is 13.3. The number of rotatable bonds is 31. The topological polar surface area (TPSA) is 410 Å². The third-order valence-corrected chi connectivity index (χ3v) is 14.2. The fourth-order valence-electron chi connectivity index (χ4n) is 9.10. The Morgan fingerprint density at radius 1 is 0.679 bits per heavy atom. The molecule has 1 saturated heterocycles. The summed E-state index contributed by atoms with van der Waals surface area (Å²) in [5, 5.41) is 18.3. The first-order valence-electron chi connectivity index (χ1n) is 25.9. The van der Waals surface area contributed by atoms with Gasteiger partial charge in [0.2, 0.25) is 59.1 Å². The maximum atomic E-state index is 14.4. The highest BCUT2D eigenvalue weighted by Gasteiger charge is 2.40. The van der Waals surface area contributed by atoms with E-state index in [-0.39, 0.29) is 69.7 Å². The summed E-state index contributed by atoms with van der Waals surface area (Å²) in [5.41, 5.74) is 28.8. The van der Waals surface area contributed by atoms with Crippen LogP contribution in [0.2, 0.25) is 0 Å². The molecule has 2 aromatic carbocycles. The number of carbonyl (C=O) groups is 10.